The number of carbonyl (C=O) groups is 3. The molecule has 5 aliphatic rings. The van der Waals surface area contributed by atoms with Crippen LogP contribution in [0.25, 0.3) is 0 Å². The third kappa shape index (κ3) is 4.41. The van der Waals surface area contributed by atoms with E-state index in [-0.39, 0.29) is 57.8 Å². The van der Waals surface area contributed by atoms with E-state index in [1.54, 1.807) is 0 Å². The van der Waals surface area contributed by atoms with Gasteiger partial charge in [-0.15, -0.1) is 0 Å². The molecule has 5 nitrogen and oxygen atoms in total. The van der Waals surface area contributed by atoms with E-state index in [1.165, 1.54) is 6.92 Å². The summed E-state index contributed by atoms with van der Waals surface area (Å²) in [5.41, 5.74) is -2.47. The number of carbonyl (C=O) groups excluding carboxylic acids is 3. The number of fused-ring (bicyclic) bond motifs is 7. The van der Waals surface area contributed by atoms with Crippen LogP contribution in [-0.4, -0.2) is 35.5 Å². The number of amides is 1. The molecule has 0 aromatic carbocycles. The molecule has 0 radical (unpaired) electrons. The second-order valence-corrected chi connectivity index (χ2v) is 17.3. The number of ketones is 1. The number of allylic oxidation sites excluding steroid dienone is 1. The van der Waals surface area contributed by atoms with Gasteiger partial charge in [-0.05, 0) is 116 Å². The SMILES string of the molecule is CC(=O)O[C@H]1CC[C@@]2(C)C(CC[C@]3(C)C2CCC2C4=C(C(C)C)C(=O)C[C@]4(C(=O)NC(C)(C)C(F)(F)F)CC[C@]23C)C1(C)C. The minimum atomic E-state index is -4.61. The van der Waals surface area contributed by atoms with Gasteiger partial charge >= 0.3 is 12.1 Å². The van der Waals surface area contributed by atoms with Crippen LogP contribution in [0.15, 0.2) is 11.1 Å². The molecule has 44 heavy (non-hydrogen) atoms. The van der Waals surface area contributed by atoms with Crippen LogP contribution in [0, 0.1) is 50.7 Å². The Morgan fingerprint density at radius 3 is 2.09 bits per heavy atom. The number of rotatable bonds is 4. The average Bonchev–Trinajstić information content (AvgIpc) is 3.18. The highest BCUT2D eigenvalue weighted by Gasteiger charge is 2.71. The number of hydrogen-bond acceptors (Lipinski definition) is 4. The monoisotopic (exact) mass is 621 g/mol. The van der Waals surface area contributed by atoms with Gasteiger partial charge in [0.25, 0.3) is 0 Å². The number of alkyl halides is 3. The number of Topliss-reactive ketones (excluding diaryl/α,β-unsaturated/α-hetero) is 1. The number of hydrogen-bond donors (Lipinski definition) is 1. The standard InChI is InChI=1S/C36H54F3NO4/c1-20(2)27-23(42)19-35(29(43)40-31(6,7)36(37,38)39)18-17-33(9)22(28(27)35)11-12-25-32(8)15-14-26(44-21(3)41)30(4,5)24(32)13-16-34(25,33)10/h20,22,24-26H,11-19H2,1-10H3,(H,40,43)/t22?,24?,25?,26-,32-,33+,34+,35+/m0/s1. The number of esters is 1. The van der Waals surface area contributed by atoms with Crippen LogP contribution in [0.4, 0.5) is 13.2 Å². The molecule has 4 fully saturated rings. The fourth-order valence-corrected chi connectivity index (χ4v) is 11.8. The molecule has 0 aromatic heterocycles. The van der Waals surface area contributed by atoms with Gasteiger partial charge in [-0.3, -0.25) is 14.4 Å². The molecule has 5 aliphatic carbocycles. The molecule has 5 rings (SSSR count). The van der Waals surface area contributed by atoms with E-state index in [0.29, 0.717) is 30.3 Å². The summed E-state index contributed by atoms with van der Waals surface area (Å²) in [6.07, 6.45) is 1.94. The summed E-state index contributed by atoms with van der Waals surface area (Å²) in [6, 6.07) is 0. The molecular formula is C36H54F3NO4. The van der Waals surface area contributed by atoms with Crippen LogP contribution in [0.3, 0.4) is 0 Å². The zero-order valence-corrected chi connectivity index (χ0v) is 28.5. The van der Waals surface area contributed by atoms with Gasteiger partial charge in [0.15, 0.2) is 5.78 Å². The Labute approximate surface area is 261 Å². The van der Waals surface area contributed by atoms with Crippen molar-refractivity contribution < 1.29 is 32.3 Å². The van der Waals surface area contributed by atoms with E-state index in [4.69, 9.17) is 4.74 Å². The molecule has 248 valence electrons. The lowest BCUT2D eigenvalue weighted by Crippen LogP contribution is -2.66. The van der Waals surface area contributed by atoms with E-state index >= 15 is 0 Å². The highest BCUT2D eigenvalue weighted by Crippen LogP contribution is 2.76. The van der Waals surface area contributed by atoms with Crippen LogP contribution in [-0.2, 0) is 19.1 Å². The highest BCUT2D eigenvalue weighted by molar-refractivity contribution is 6.07. The molecule has 0 heterocycles. The first-order chi connectivity index (χ1) is 20.0. The van der Waals surface area contributed by atoms with Crippen LogP contribution >= 0.6 is 0 Å². The van der Waals surface area contributed by atoms with E-state index in [1.807, 2.05) is 13.8 Å². The van der Waals surface area contributed by atoms with Crippen molar-refractivity contribution in [2.45, 2.75) is 145 Å². The Hall–Kier alpha value is -1.86. The number of nitrogens with one attached hydrogen (secondary N) is 1. The quantitative estimate of drug-likeness (QED) is 0.320. The van der Waals surface area contributed by atoms with Crippen molar-refractivity contribution in [2.24, 2.45) is 50.7 Å². The lowest BCUT2D eigenvalue weighted by atomic mass is 9.33. The minimum Gasteiger partial charge on any atom is -0.462 e. The fraction of sp³-hybridized carbons (Fsp3) is 0.861. The summed E-state index contributed by atoms with van der Waals surface area (Å²) < 4.78 is 47.7. The summed E-state index contributed by atoms with van der Waals surface area (Å²) in [4.78, 5) is 39.8. The largest absolute Gasteiger partial charge is 0.462 e. The number of ether oxygens (including phenoxy) is 1. The second kappa shape index (κ2) is 10.1. The van der Waals surface area contributed by atoms with Crippen molar-refractivity contribution in [1.29, 1.82) is 0 Å². The Kier molecular flexibility index (Phi) is 7.67. The predicted octanol–water partition coefficient (Wildman–Crippen LogP) is 8.36. The van der Waals surface area contributed by atoms with Gasteiger partial charge in [0.1, 0.15) is 11.6 Å². The van der Waals surface area contributed by atoms with Crippen LogP contribution in [0.5, 0.6) is 0 Å². The van der Waals surface area contributed by atoms with Gasteiger partial charge in [-0.25, -0.2) is 0 Å². The third-order valence-electron chi connectivity index (χ3n) is 14.2. The van der Waals surface area contributed by atoms with Crippen LogP contribution in [0.2, 0.25) is 0 Å². The Morgan fingerprint density at radius 2 is 1.52 bits per heavy atom. The molecule has 8 atom stereocenters. The lowest BCUT2D eigenvalue weighted by Gasteiger charge is -2.72. The second-order valence-electron chi connectivity index (χ2n) is 17.3. The predicted molar refractivity (Wildman–Crippen MR) is 163 cm³/mol. The molecule has 4 saturated carbocycles. The van der Waals surface area contributed by atoms with Crippen molar-refractivity contribution in [1.82, 2.24) is 5.32 Å². The molecule has 8 heteroatoms. The first kappa shape index (κ1) is 33.5. The van der Waals surface area contributed by atoms with E-state index in [2.05, 4.69) is 39.9 Å². The Bertz CT molecular complexity index is 1280. The van der Waals surface area contributed by atoms with Gasteiger partial charge < -0.3 is 10.1 Å². The highest BCUT2D eigenvalue weighted by atomic mass is 19.4. The van der Waals surface area contributed by atoms with Crippen molar-refractivity contribution in [3.05, 3.63) is 11.1 Å². The molecule has 3 unspecified atom stereocenters. The normalized spacial score (nSPS) is 41.8. The minimum absolute atomic E-state index is 0.0339. The van der Waals surface area contributed by atoms with Crippen LogP contribution < -0.4 is 5.32 Å². The summed E-state index contributed by atoms with van der Waals surface area (Å²) in [7, 11) is 0. The summed E-state index contributed by atoms with van der Waals surface area (Å²) >= 11 is 0. The first-order valence-corrected chi connectivity index (χ1v) is 16.8. The maximum atomic E-state index is 14.1. The fourth-order valence-electron chi connectivity index (χ4n) is 11.8. The van der Waals surface area contributed by atoms with Crippen molar-refractivity contribution in [2.75, 3.05) is 0 Å². The summed E-state index contributed by atoms with van der Waals surface area (Å²) in [5.74, 6) is -0.287. The topological polar surface area (TPSA) is 72.5 Å². The average molecular weight is 622 g/mol. The van der Waals surface area contributed by atoms with Crippen molar-refractivity contribution >= 4 is 17.7 Å². The Balaban J connectivity index is 1.56. The number of halogens is 3. The van der Waals surface area contributed by atoms with Gasteiger partial charge in [-0.1, -0.05) is 48.5 Å². The summed E-state index contributed by atoms with van der Waals surface area (Å²) in [6.45, 7) is 19.2. The van der Waals surface area contributed by atoms with E-state index in [0.717, 1.165) is 57.9 Å². The van der Waals surface area contributed by atoms with Gasteiger partial charge in [0, 0.05) is 18.8 Å². The smallest absolute Gasteiger partial charge is 0.410 e. The van der Waals surface area contributed by atoms with E-state index < -0.39 is 23.0 Å². The van der Waals surface area contributed by atoms with E-state index in [9.17, 15) is 27.6 Å². The first-order valence-electron chi connectivity index (χ1n) is 16.8. The van der Waals surface area contributed by atoms with Crippen molar-refractivity contribution in [3.63, 3.8) is 0 Å². The molecule has 0 aliphatic heterocycles. The third-order valence-corrected chi connectivity index (χ3v) is 14.2. The summed E-state index contributed by atoms with van der Waals surface area (Å²) in [5, 5.41) is 2.37. The lowest BCUT2D eigenvalue weighted by molar-refractivity contribution is -0.232. The zero-order chi connectivity index (χ0) is 33.1. The van der Waals surface area contributed by atoms with Gasteiger partial charge in [0.05, 0.1) is 5.41 Å². The van der Waals surface area contributed by atoms with Crippen LogP contribution in [0.1, 0.15) is 127 Å². The van der Waals surface area contributed by atoms with Crippen molar-refractivity contribution in [3.8, 4) is 0 Å². The molecule has 0 bridgehead atoms. The molecule has 1 amide bonds. The maximum absolute atomic E-state index is 14.1. The zero-order valence-electron chi connectivity index (χ0n) is 28.5. The van der Waals surface area contributed by atoms with Gasteiger partial charge in [0.2, 0.25) is 5.91 Å². The molecule has 1 N–H and O–H groups in total. The molecule has 0 spiro atoms. The molecule has 0 aromatic rings. The maximum Gasteiger partial charge on any atom is 0.410 e. The Morgan fingerprint density at radius 1 is 0.886 bits per heavy atom. The van der Waals surface area contributed by atoms with Gasteiger partial charge in [-0.2, -0.15) is 13.2 Å². The molecule has 0 saturated heterocycles. The molecular weight excluding hydrogens is 567 g/mol.